The normalized spacial score (nSPS) is 16.6. The number of hydrogen-bond acceptors (Lipinski definition) is 3. The fourth-order valence-electron chi connectivity index (χ4n) is 2.90. The van der Waals surface area contributed by atoms with Crippen molar-refractivity contribution in [2.75, 3.05) is 18.4 Å². The monoisotopic (exact) mass is 318 g/mol. The Morgan fingerprint density at radius 2 is 1.91 bits per heavy atom. The van der Waals surface area contributed by atoms with Crippen LogP contribution in [0.15, 0.2) is 24.3 Å². The number of benzene rings is 1. The van der Waals surface area contributed by atoms with E-state index in [-0.39, 0.29) is 11.9 Å². The first-order valence-electron chi connectivity index (χ1n) is 8.21. The lowest BCUT2D eigenvalue weighted by molar-refractivity contribution is -0.122. The van der Waals surface area contributed by atoms with Gasteiger partial charge in [-0.2, -0.15) is 0 Å². The molecule has 1 aliphatic heterocycles. The van der Waals surface area contributed by atoms with E-state index in [0.717, 1.165) is 37.9 Å². The molecule has 1 aliphatic rings. The summed E-state index contributed by atoms with van der Waals surface area (Å²) in [5, 5.41) is 8.88. The Labute approximate surface area is 137 Å². The van der Waals surface area contributed by atoms with Crippen LogP contribution < -0.4 is 21.7 Å². The number of rotatable bonds is 6. The number of carbonyl (C=O) groups is 2. The highest BCUT2D eigenvalue weighted by Gasteiger charge is 2.15. The van der Waals surface area contributed by atoms with Gasteiger partial charge in [-0.15, -0.1) is 0 Å². The molecule has 1 saturated heterocycles. The van der Waals surface area contributed by atoms with Gasteiger partial charge in [0.1, 0.15) is 0 Å². The van der Waals surface area contributed by atoms with Gasteiger partial charge >= 0.3 is 6.03 Å². The second-order valence-electron chi connectivity index (χ2n) is 6.13. The van der Waals surface area contributed by atoms with Crippen LogP contribution in [0, 0.1) is 5.92 Å². The number of nitrogens with two attached hydrogens (primary N) is 1. The summed E-state index contributed by atoms with van der Waals surface area (Å²) in [5.41, 5.74) is 6.71. The number of piperidine rings is 1. The maximum absolute atomic E-state index is 12.1. The summed E-state index contributed by atoms with van der Waals surface area (Å²) < 4.78 is 0. The van der Waals surface area contributed by atoms with Gasteiger partial charge in [0.2, 0.25) is 5.91 Å². The number of urea groups is 1. The van der Waals surface area contributed by atoms with E-state index in [2.05, 4.69) is 16.0 Å². The van der Waals surface area contributed by atoms with Crippen molar-refractivity contribution in [3.05, 3.63) is 29.8 Å². The lowest BCUT2D eigenvalue weighted by Gasteiger charge is -2.22. The zero-order chi connectivity index (χ0) is 16.7. The third kappa shape index (κ3) is 5.90. The Bertz CT molecular complexity index is 524. The molecule has 0 spiro atoms. The highest BCUT2D eigenvalue weighted by Crippen LogP contribution is 2.19. The molecular formula is C17H26N4O2. The van der Waals surface area contributed by atoms with Crippen LogP contribution in [0.2, 0.25) is 0 Å². The maximum Gasteiger partial charge on any atom is 0.316 e. The standard InChI is InChI=1S/C17H26N4O2/c1-12(14-3-5-15(6-4-14)21-17(18)23)20-16(22)7-2-13-8-10-19-11-9-13/h3-6,12-13,19H,2,7-11H2,1H3,(H,20,22)(H3,18,21,23). The van der Waals surface area contributed by atoms with E-state index < -0.39 is 6.03 Å². The molecule has 23 heavy (non-hydrogen) atoms. The molecule has 1 heterocycles. The number of amides is 3. The summed E-state index contributed by atoms with van der Waals surface area (Å²) in [7, 11) is 0. The Morgan fingerprint density at radius 1 is 1.26 bits per heavy atom. The Hall–Kier alpha value is -2.08. The van der Waals surface area contributed by atoms with E-state index >= 15 is 0 Å². The number of nitrogens with one attached hydrogen (secondary N) is 3. The SMILES string of the molecule is CC(NC(=O)CCC1CCNCC1)c1ccc(NC(N)=O)cc1. The molecule has 1 atom stereocenters. The minimum atomic E-state index is -0.586. The number of carbonyl (C=O) groups excluding carboxylic acids is 2. The van der Waals surface area contributed by atoms with Crippen LogP contribution in [0.1, 0.15) is 44.2 Å². The van der Waals surface area contributed by atoms with Crippen molar-refractivity contribution in [2.24, 2.45) is 11.7 Å². The van der Waals surface area contributed by atoms with Crippen molar-refractivity contribution in [1.29, 1.82) is 0 Å². The molecule has 6 nitrogen and oxygen atoms in total. The maximum atomic E-state index is 12.1. The molecule has 5 N–H and O–H groups in total. The summed E-state index contributed by atoms with van der Waals surface area (Å²) >= 11 is 0. The molecule has 0 radical (unpaired) electrons. The average molecular weight is 318 g/mol. The number of anilines is 1. The van der Waals surface area contributed by atoms with E-state index in [9.17, 15) is 9.59 Å². The zero-order valence-corrected chi connectivity index (χ0v) is 13.6. The van der Waals surface area contributed by atoms with Crippen LogP contribution in [-0.2, 0) is 4.79 Å². The van der Waals surface area contributed by atoms with Crippen LogP contribution in [-0.4, -0.2) is 25.0 Å². The van der Waals surface area contributed by atoms with Crippen molar-refractivity contribution in [1.82, 2.24) is 10.6 Å². The molecule has 0 saturated carbocycles. The highest BCUT2D eigenvalue weighted by molar-refractivity contribution is 5.87. The van der Waals surface area contributed by atoms with Crippen molar-refractivity contribution >= 4 is 17.6 Å². The van der Waals surface area contributed by atoms with Crippen LogP contribution in [0.25, 0.3) is 0 Å². The van der Waals surface area contributed by atoms with E-state index in [0.29, 0.717) is 18.0 Å². The Morgan fingerprint density at radius 3 is 2.52 bits per heavy atom. The average Bonchev–Trinajstić information content (AvgIpc) is 2.54. The third-order valence-electron chi connectivity index (χ3n) is 4.29. The second kappa shape index (κ2) is 8.53. The minimum absolute atomic E-state index is 0.0573. The van der Waals surface area contributed by atoms with Gasteiger partial charge in [0, 0.05) is 12.1 Å². The fraction of sp³-hybridized carbons (Fsp3) is 0.529. The van der Waals surface area contributed by atoms with Gasteiger partial charge < -0.3 is 21.7 Å². The first-order valence-corrected chi connectivity index (χ1v) is 8.21. The van der Waals surface area contributed by atoms with E-state index in [1.165, 1.54) is 0 Å². The highest BCUT2D eigenvalue weighted by atomic mass is 16.2. The first kappa shape index (κ1) is 17.3. The molecule has 6 heteroatoms. The molecule has 0 aliphatic carbocycles. The summed E-state index contributed by atoms with van der Waals surface area (Å²) in [6.45, 7) is 4.09. The third-order valence-corrected chi connectivity index (χ3v) is 4.29. The predicted molar refractivity (Wildman–Crippen MR) is 91.0 cm³/mol. The number of primary amides is 1. The predicted octanol–water partition coefficient (Wildman–Crippen LogP) is 2.13. The van der Waals surface area contributed by atoms with Crippen LogP contribution >= 0.6 is 0 Å². The minimum Gasteiger partial charge on any atom is -0.351 e. The molecule has 1 aromatic carbocycles. The molecule has 0 bridgehead atoms. The van der Waals surface area contributed by atoms with Crippen LogP contribution in [0.4, 0.5) is 10.5 Å². The van der Waals surface area contributed by atoms with Gasteiger partial charge in [0.25, 0.3) is 0 Å². The summed E-state index contributed by atoms with van der Waals surface area (Å²) in [5.74, 6) is 0.756. The van der Waals surface area contributed by atoms with Gasteiger partial charge in [0.05, 0.1) is 6.04 Å². The van der Waals surface area contributed by atoms with Gasteiger partial charge in [0.15, 0.2) is 0 Å². The lowest BCUT2D eigenvalue weighted by atomic mass is 9.93. The quantitative estimate of drug-likeness (QED) is 0.647. The fourth-order valence-corrected chi connectivity index (χ4v) is 2.90. The first-order chi connectivity index (χ1) is 11.0. The van der Waals surface area contributed by atoms with Crippen molar-refractivity contribution in [3.63, 3.8) is 0 Å². The molecular weight excluding hydrogens is 292 g/mol. The van der Waals surface area contributed by atoms with E-state index in [1.807, 2.05) is 19.1 Å². The van der Waals surface area contributed by atoms with Crippen LogP contribution in [0.3, 0.4) is 0 Å². The summed E-state index contributed by atoms with van der Waals surface area (Å²) in [4.78, 5) is 22.9. The molecule has 1 aromatic rings. The van der Waals surface area contributed by atoms with Gasteiger partial charge in [-0.05, 0) is 62.9 Å². The van der Waals surface area contributed by atoms with Gasteiger partial charge in [-0.3, -0.25) is 4.79 Å². The van der Waals surface area contributed by atoms with Crippen molar-refractivity contribution < 1.29 is 9.59 Å². The summed E-state index contributed by atoms with van der Waals surface area (Å²) in [6, 6.07) is 6.66. The lowest BCUT2D eigenvalue weighted by Crippen LogP contribution is -2.30. The van der Waals surface area contributed by atoms with Gasteiger partial charge in [-0.25, -0.2) is 4.79 Å². The van der Waals surface area contributed by atoms with E-state index in [1.54, 1.807) is 12.1 Å². The topological polar surface area (TPSA) is 96.2 Å². The zero-order valence-electron chi connectivity index (χ0n) is 13.6. The van der Waals surface area contributed by atoms with Gasteiger partial charge in [-0.1, -0.05) is 12.1 Å². The Kier molecular flexibility index (Phi) is 6.40. The molecule has 0 aromatic heterocycles. The largest absolute Gasteiger partial charge is 0.351 e. The second-order valence-corrected chi connectivity index (χ2v) is 6.13. The smallest absolute Gasteiger partial charge is 0.316 e. The van der Waals surface area contributed by atoms with Crippen LogP contribution in [0.5, 0.6) is 0 Å². The molecule has 2 rings (SSSR count). The molecule has 126 valence electrons. The Balaban J connectivity index is 1.77. The molecule has 3 amide bonds. The van der Waals surface area contributed by atoms with Crippen molar-refractivity contribution in [3.8, 4) is 0 Å². The number of hydrogen-bond donors (Lipinski definition) is 4. The molecule has 1 fully saturated rings. The summed E-state index contributed by atoms with van der Waals surface area (Å²) in [6.07, 6.45) is 3.87. The molecule has 1 unspecified atom stereocenters. The van der Waals surface area contributed by atoms with Crippen molar-refractivity contribution in [2.45, 2.75) is 38.6 Å². The van der Waals surface area contributed by atoms with E-state index in [4.69, 9.17) is 5.73 Å².